The van der Waals surface area contributed by atoms with Crippen molar-refractivity contribution in [2.45, 2.75) is 18.9 Å². The van der Waals surface area contributed by atoms with Gasteiger partial charge in [-0.2, -0.15) is 0 Å². The molecule has 2 aliphatic heterocycles. The lowest BCUT2D eigenvalue weighted by Crippen LogP contribution is -2.62. The summed E-state index contributed by atoms with van der Waals surface area (Å²) < 4.78 is 5.12. The standard InChI is InChI=1S/C13H21N3O5/c1-21-8-9-3-2-4-15(6-9)13(20)16-7-11(17)14-5-10(16)12(18)19/h9-10H,2-8H2,1H3,(H,14,17)(H,18,19). The third-order valence-electron chi connectivity index (χ3n) is 3.91. The lowest BCUT2D eigenvalue weighted by molar-refractivity contribution is -0.144. The van der Waals surface area contributed by atoms with E-state index < -0.39 is 12.0 Å². The van der Waals surface area contributed by atoms with Gasteiger partial charge in [0.1, 0.15) is 12.6 Å². The van der Waals surface area contributed by atoms with Gasteiger partial charge in [0.05, 0.1) is 6.61 Å². The van der Waals surface area contributed by atoms with Gasteiger partial charge in [0, 0.05) is 32.7 Å². The first-order valence-corrected chi connectivity index (χ1v) is 7.07. The Bertz CT molecular complexity index is 426. The molecule has 0 aliphatic carbocycles. The molecule has 3 amide bonds. The minimum Gasteiger partial charge on any atom is -0.480 e. The van der Waals surface area contributed by atoms with E-state index in [0.29, 0.717) is 19.7 Å². The van der Waals surface area contributed by atoms with Crippen LogP contribution in [0.5, 0.6) is 0 Å². The van der Waals surface area contributed by atoms with Crippen molar-refractivity contribution in [3.05, 3.63) is 0 Å². The fourth-order valence-corrected chi connectivity index (χ4v) is 2.86. The summed E-state index contributed by atoms with van der Waals surface area (Å²) in [5.74, 6) is -1.17. The number of urea groups is 1. The second-order valence-electron chi connectivity index (χ2n) is 5.48. The molecule has 0 aromatic heterocycles. The van der Waals surface area contributed by atoms with Crippen LogP contribution in [0, 0.1) is 5.92 Å². The Hall–Kier alpha value is -1.83. The molecule has 2 heterocycles. The number of nitrogens with one attached hydrogen (secondary N) is 1. The number of piperidine rings is 1. The molecule has 0 aromatic rings. The number of carbonyl (C=O) groups is 3. The highest BCUT2D eigenvalue weighted by Gasteiger charge is 2.38. The van der Waals surface area contributed by atoms with Gasteiger partial charge in [0.15, 0.2) is 0 Å². The summed E-state index contributed by atoms with van der Waals surface area (Å²) in [7, 11) is 1.62. The molecule has 2 atom stereocenters. The van der Waals surface area contributed by atoms with E-state index in [-0.39, 0.29) is 30.9 Å². The van der Waals surface area contributed by atoms with Crippen molar-refractivity contribution in [3.63, 3.8) is 0 Å². The molecule has 0 saturated carbocycles. The lowest BCUT2D eigenvalue weighted by Gasteiger charge is -2.39. The van der Waals surface area contributed by atoms with E-state index in [1.807, 2.05) is 0 Å². The number of amides is 3. The van der Waals surface area contributed by atoms with Crippen LogP contribution < -0.4 is 5.32 Å². The first-order valence-electron chi connectivity index (χ1n) is 7.07. The van der Waals surface area contributed by atoms with Gasteiger partial charge in [-0.05, 0) is 12.8 Å². The average molecular weight is 299 g/mol. The number of piperazine rings is 1. The second-order valence-corrected chi connectivity index (χ2v) is 5.48. The molecule has 2 fully saturated rings. The third kappa shape index (κ3) is 3.63. The number of likely N-dealkylation sites (tertiary alicyclic amines) is 1. The molecule has 8 heteroatoms. The zero-order valence-electron chi connectivity index (χ0n) is 12.1. The number of hydrogen-bond donors (Lipinski definition) is 2. The van der Waals surface area contributed by atoms with Crippen molar-refractivity contribution in [2.75, 3.05) is 39.9 Å². The molecule has 2 N–H and O–H groups in total. The number of aliphatic carboxylic acids is 1. The number of rotatable bonds is 3. The van der Waals surface area contributed by atoms with Gasteiger partial charge in [-0.1, -0.05) is 0 Å². The predicted molar refractivity (Wildman–Crippen MR) is 72.7 cm³/mol. The maximum Gasteiger partial charge on any atom is 0.328 e. The number of carboxylic acids is 1. The summed E-state index contributed by atoms with van der Waals surface area (Å²) in [6.07, 6.45) is 1.85. The van der Waals surface area contributed by atoms with Crippen molar-refractivity contribution in [1.82, 2.24) is 15.1 Å². The largest absolute Gasteiger partial charge is 0.480 e. The molecule has 21 heavy (non-hydrogen) atoms. The Labute approximate surface area is 123 Å². The summed E-state index contributed by atoms with van der Waals surface area (Å²) in [5, 5.41) is 11.7. The van der Waals surface area contributed by atoms with Crippen LogP contribution in [0.1, 0.15) is 12.8 Å². The lowest BCUT2D eigenvalue weighted by atomic mass is 9.99. The van der Waals surface area contributed by atoms with E-state index >= 15 is 0 Å². The van der Waals surface area contributed by atoms with E-state index in [1.54, 1.807) is 12.0 Å². The molecule has 118 valence electrons. The molecular formula is C13H21N3O5. The van der Waals surface area contributed by atoms with Crippen LogP contribution in [0.4, 0.5) is 4.79 Å². The summed E-state index contributed by atoms with van der Waals surface area (Å²) in [5.41, 5.74) is 0. The molecule has 2 unspecified atom stereocenters. The fraction of sp³-hybridized carbons (Fsp3) is 0.769. The Balaban J connectivity index is 2.05. The number of nitrogens with zero attached hydrogens (tertiary/aromatic N) is 2. The van der Waals surface area contributed by atoms with Gasteiger partial charge in [-0.15, -0.1) is 0 Å². The smallest absolute Gasteiger partial charge is 0.328 e. The fourth-order valence-electron chi connectivity index (χ4n) is 2.86. The maximum absolute atomic E-state index is 12.5. The number of methoxy groups -OCH3 is 1. The van der Waals surface area contributed by atoms with Crippen LogP contribution in [0.2, 0.25) is 0 Å². The Morgan fingerprint density at radius 2 is 2.24 bits per heavy atom. The first kappa shape index (κ1) is 15.6. The Morgan fingerprint density at radius 3 is 2.90 bits per heavy atom. The van der Waals surface area contributed by atoms with Crippen LogP contribution in [-0.4, -0.2) is 78.8 Å². The van der Waals surface area contributed by atoms with Gasteiger partial charge >= 0.3 is 12.0 Å². The van der Waals surface area contributed by atoms with Crippen molar-refractivity contribution in [3.8, 4) is 0 Å². The SMILES string of the molecule is COCC1CCCN(C(=O)N2CC(=O)NCC2C(=O)O)C1. The normalized spacial score (nSPS) is 26.4. The Kier molecular flexibility index (Phi) is 5.00. The van der Waals surface area contributed by atoms with Crippen LogP contribution in [0.3, 0.4) is 0 Å². The molecule has 0 aromatic carbocycles. The van der Waals surface area contributed by atoms with Crippen LogP contribution in [0.25, 0.3) is 0 Å². The molecule has 2 rings (SSSR count). The van der Waals surface area contributed by atoms with Crippen LogP contribution >= 0.6 is 0 Å². The second kappa shape index (κ2) is 6.75. The highest BCUT2D eigenvalue weighted by molar-refractivity contribution is 5.90. The van der Waals surface area contributed by atoms with Gasteiger partial charge in [-0.3, -0.25) is 9.69 Å². The van der Waals surface area contributed by atoms with Crippen LogP contribution in [-0.2, 0) is 14.3 Å². The molecule has 8 nitrogen and oxygen atoms in total. The number of carboxylic acid groups (broad SMARTS) is 1. The van der Waals surface area contributed by atoms with Gasteiger partial charge in [0.2, 0.25) is 5.91 Å². The third-order valence-corrected chi connectivity index (χ3v) is 3.91. The highest BCUT2D eigenvalue weighted by atomic mass is 16.5. The summed E-state index contributed by atoms with van der Waals surface area (Å²) in [6.45, 7) is 1.45. The van der Waals surface area contributed by atoms with Crippen LogP contribution in [0.15, 0.2) is 0 Å². The van der Waals surface area contributed by atoms with Crippen molar-refractivity contribution >= 4 is 17.9 Å². The van der Waals surface area contributed by atoms with Gasteiger partial charge in [0.25, 0.3) is 0 Å². The quantitative estimate of drug-likeness (QED) is 0.721. The van der Waals surface area contributed by atoms with Crippen molar-refractivity contribution in [2.24, 2.45) is 5.92 Å². The number of carbonyl (C=O) groups excluding carboxylic acids is 2. The topological polar surface area (TPSA) is 99.2 Å². The zero-order chi connectivity index (χ0) is 15.4. The summed E-state index contributed by atoms with van der Waals surface area (Å²) in [4.78, 5) is 38.0. The number of ether oxygens (including phenoxy) is 1. The molecule has 0 bridgehead atoms. The monoisotopic (exact) mass is 299 g/mol. The van der Waals surface area contributed by atoms with E-state index in [4.69, 9.17) is 4.74 Å². The highest BCUT2D eigenvalue weighted by Crippen LogP contribution is 2.19. The average Bonchev–Trinajstić information content (AvgIpc) is 2.46. The van der Waals surface area contributed by atoms with Gasteiger partial charge in [-0.25, -0.2) is 9.59 Å². The Morgan fingerprint density at radius 1 is 1.48 bits per heavy atom. The summed E-state index contributed by atoms with van der Waals surface area (Å²) in [6, 6.07) is -1.38. The minimum absolute atomic E-state index is 0.0464. The van der Waals surface area contributed by atoms with Gasteiger partial charge < -0.3 is 20.1 Å². The van der Waals surface area contributed by atoms with E-state index in [9.17, 15) is 19.5 Å². The van der Waals surface area contributed by atoms with E-state index in [0.717, 1.165) is 17.7 Å². The van der Waals surface area contributed by atoms with E-state index in [2.05, 4.69) is 5.32 Å². The zero-order valence-corrected chi connectivity index (χ0v) is 12.1. The van der Waals surface area contributed by atoms with Crippen molar-refractivity contribution < 1.29 is 24.2 Å². The summed E-state index contributed by atoms with van der Waals surface area (Å²) >= 11 is 0. The molecular weight excluding hydrogens is 278 g/mol. The van der Waals surface area contributed by atoms with Crippen molar-refractivity contribution in [1.29, 1.82) is 0 Å². The predicted octanol–water partition coefficient (Wildman–Crippen LogP) is -0.650. The molecule has 0 spiro atoms. The maximum atomic E-state index is 12.5. The van der Waals surface area contributed by atoms with E-state index in [1.165, 1.54) is 0 Å². The first-order chi connectivity index (χ1) is 10.0. The molecule has 2 aliphatic rings. The molecule has 2 saturated heterocycles. The molecule has 0 radical (unpaired) electrons. The minimum atomic E-state index is -1.10. The number of hydrogen-bond acceptors (Lipinski definition) is 4.